The van der Waals surface area contributed by atoms with Gasteiger partial charge in [-0.2, -0.15) is 0 Å². The van der Waals surface area contributed by atoms with Gasteiger partial charge in [0.15, 0.2) is 0 Å². The van der Waals surface area contributed by atoms with Gasteiger partial charge in [0.25, 0.3) is 0 Å². The third kappa shape index (κ3) is 1.94. The molecule has 0 bridgehead atoms. The predicted octanol–water partition coefficient (Wildman–Crippen LogP) is 0.00760. The largest absolute Gasteiger partial charge is 0.530 e. The molecule has 0 aliphatic heterocycles. The average molecular weight is 135 g/mol. The van der Waals surface area contributed by atoms with E-state index in [4.69, 9.17) is 18.6 Å². The van der Waals surface area contributed by atoms with Crippen molar-refractivity contribution in [2.45, 2.75) is 0 Å². The minimum absolute atomic E-state index is 1.45. The van der Waals surface area contributed by atoms with Crippen molar-refractivity contribution in [3.63, 3.8) is 0 Å². The molecule has 0 spiro atoms. The highest BCUT2D eigenvalue weighted by molar-refractivity contribution is 6.53. The predicted molar refractivity (Wildman–Crippen MR) is 33.8 cm³/mol. The molecule has 56 valence electrons. The molecule has 0 fully saturated rings. The zero-order chi connectivity index (χ0) is 7.33. The standard InChI is InChI=1S/C4H12BO4/c1-6-5(7-2,8-3)9-4/h1-4H3/q-1. The van der Waals surface area contributed by atoms with Crippen molar-refractivity contribution < 1.29 is 18.6 Å². The van der Waals surface area contributed by atoms with Crippen LogP contribution in [-0.4, -0.2) is 35.4 Å². The summed E-state index contributed by atoms with van der Waals surface area (Å²) < 4.78 is 19.1. The number of hydrogen-bond acceptors (Lipinski definition) is 4. The Balaban J connectivity index is 3.82. The molecule has 0 saturated heterocycles. The van der Waals surface area contributed by atoms with Crippen LogP contribution < -0.4 is 0 Å². The van der Waals surface area contributed by atoms with Crippen LogP contribution in [0.1, 0.15) is 0 Å². The van der Waals surface area contributed by atoms with Crippen LogP contribution in [0.25, 0.3) is 0 Å². The topological polar surface area (TPSA) is 36.9 Å². The van der Waals surface area contributed by atoms with Crippen LogP contribution in [0.2, 0.25) is 0 Å². The third-order valence-corrected chi connectivity index (χ3v) is 1.15. The summed E-state index contributed by atoms with van der Waals surface area (Å²) in [5, 5.41) is 0. The molecule has 0 aromatic rings. The first-order chi connectivity index (χ1) is 4.24. The van der Waals surface area contributed by atoms with Gasteiger partial charge in [-0.15, -0.1) is 0 Å². The minimum Gasteiger partial charge on any atom is -0.521 e. The van der Waals surface area contributed by atoms with E-state index in [2.05, 4.69) is 0 Å². The lowest BCUT2D eigenvalue weighted by Gasteiger charge is -2.34. The van der Waals surface area contributed by atoms with Crippen molar-refractivity contribution in [3.8, 4) is 0 Å². The van der Waals surface area contributed by atoms with E-state index >= 15 is 0 Å². The Hall–Kier alpha value is -0.0951. The molecule has 0 radical (unpaired) electrons. The lowest BCUT2D eigenvalue weighted by Crippen LogP contribution is -2.45. The van der Waals surface area contributed by atoms with Crippen molar-refractivity contribution in [2.24, 2.45) is 0 Å². The summed E-state index contributed by atoms with van der Waals surface area (Å²) >= 11 is 0. The molecule has 0 saturated carbocycles. The van der Waals surface area contributed by atoms with Crippen LogP contribution in [0.15, 0.2) is 0 Å². The highest BCUT2D eigenvalue weighted by Gasteiger charge is 2.25. The second kappa shape index (κ2) is 3.84. The van der Waals surface area contributed by atoms with Gasteiger partial charge in [-0.05, 0) is 28.4 Å². The van der Waals surface area contributed by atoms with Crippen molar-refractivity contribution >= 4 is 6.96 Å². The monoisotopic (exact) mass is 135 g/mol. The van der Waals surface area contributed by atoms with E-state index in [0.717, 1.165) is 0 Å². The second-order valence-electron chi connectivity index (χ2n) is 1.52. The number of rotatable bonds is 4. The zero-order valence-electron chi connectivity index (χ0n) is 6.21. The van der Waals surface area contributed by atoms with Gasteiger partial charge in [0.2, 0.25) is 0 Å². The van der Waals surface area contributed by atoms with Gasteiger partial charge >= 0.3 is 6.96 Å². The Morgan fingerprint density at radius 3 is 0.889 bits per heavy atom. The van der Waals surface area contributed by atoms with E-state index in [1.54, 1.807) is 0 Å². The zero-order valence-corrected chi connectivity index (χ0v) is 6.21. The van der Waals surface area contributed by atoms with E-state index in [-0.39, 0.29) is 0 Å². The van der Waals surface area contributed by atoms with Crippen molar-refractivity contribution in [1.29, 1.82) is 0 Å². The molecule has 0 N–H and O–H groups in total. The van der Waals surface area contributed by atoms with Gasteiger partial charge in [-0.25, -0.2) is 0 Å². The van der Waals surface area contributed by atoms with Crippen molar-refractivity contribution in [1.82, 2.24) is 0 Å². The van der Waals surface area contributed by atoms with E-state index in [9.17, 15) is 0 Å². The second-order valence-corrected chi connectivity index (χ2v) is 1.52. The fourth-order valence-corrected chi connectivity index (χ4v) is 0.577. The highest BCUT2D eigenvalue weighted by atomic mass is 16.9. The fourth-order valence-electron chi connectivity index (χ4n) is 0.577. The average Bonchev–Trinajstić information content (AvgIpc) is 1.95. The van der Waals surface area contributed by atoms with Crippen LogP contribution in [0.4, 0.5) is 0 Å². The van der Waals surface area contributed by atoms with Crippen LogP contribution in [0, 0.1) is 0 Å². The SMILES string of the molecule is CO[B-](OC)(OC)OC. The first-order valence-corrected chi connectivity index (χ1v) is 2.58. The van der Waals surface area contributed by atoms with Crippen LogP contribution in [-0.2, 0) is 18.6 Å². The van der Waals surface area contributed by atoms with Gasteiger partial charge in [0.05, 0.1) is 0 Å². The van der Waals surface area contributed by atoms with E-state index in [0.29, 0.717) is 0 Å². The summed E-state index contributed by atoms with van der Waals surface area (Å²) in [6.45, 7) is -1.94. The lowest BCUT2D eigenvalue weighted by molar-refractivity contribution is 0.0226. The summed E-state index contributed by atoms with van der Waals surface area (Å²) in [7, 11) is 5.82. The van der Waals surface area contributed by atoms with E-state index in [1.807, 2.05) is 0 Å². The molecule has 0 amide bonds. The van der Waals surface area contributed by atoms with Gasteiger partial charge in [0, 0.05) is 0 Å². The van der Waals surface area contributed by atoms with E-state index in [1.165, 1.54) is 28.4 Å². The molecular weight excluding hydrogens is 123 g/mol. The molecule has 0 aromatic heterocycles. The smallest absolute Gasteiger partial charge is 0.521 e. The lowest BCUT2D eigenvalue weighted by atomic mass is 10.1. The third-order valence-electron chi connectivity index (χ3n) is 1.15. The molecule has 4 nitrogen and oxygen atoms in total. The van der Waals surface area contributed by atoms with Crippen molar-refractivity contribution in [2.75, 3.05) is 28.4 Å². The maximum atomic E-state index is 4.78. The Kier molecular flexibility index (Phi) is 3.80. The van der Waals surface area contributed by atoms with Crippen LogP contribution in [0.5, 0.6) is 0 Å². The van der Waals surface area contributed by atoms with Crippen molar-refractivity contribution in [3.05, 3.63) is 0 Å². The molecule has 0 heterocycles. The Labute approximate surface area is 55.1 Å². The molecule has 0 atom stereocenters. The summed E-state index contributed by atoms with van der Waals surface area (Å²) in [5.41, 5.74) is 0. The van der Waals surface area contributed by atoms with Crippen LogP contribution >= 0.6 is 0 Å². The molecule has 0 rings (SSSR count). The number of hydrogen-bond donors (Lipinski definition) is 0. The van der Waals surface area contributed by atoms with Gasteiger partial charge in [-0.1, -0.05) is 0 Å². The Bertz CT molecular complexity index is 55.5. The fraction of sp³-hybridized carbons (Fsp3) is 1.00. The normalized spacial score (nSPS) is 12.0. The molecule has 0 aliphatic carbocycles. The summed E-state index contributed by atoms with van der Waals surface area (Å²) in [6.07, 6.45) is 0. The summed E-state index contributed by atoms with van der Waals surface area (Å²) in [5.74, 6) is 0. The van der Waals surface area contributed by atoms with Crippen LogP contribution in [0.3, 0.4) is 0 Å². The summed E-state index contributed by atoms with van der Waals surface area (Å²) in [4.78, 5) is 0. The first kappa shape index (κ1) is 8.90. The molecule has 9 heavy (non-hydrogen) atoms. The summed E-state index contributed by atoms with van der Waals surface area (Å²) in [6, 6.07) is 0. The quantitative estimate of drug-likeness (QED) is 0.508. The van der Waals surface area contributed by atoms with Gasteiger partial charge in [-0.3, -0.25) is 0 Å². The maximum absolute atomic E-state index is 4.78. The molecule has 0 aromatic carbocycles. The molecule has 0 unspecified atom stereocenters. The van der Waals surface area contributed by atoms with Gasteiger partial charge in [0.1, 0.15) is 0 Å². The highest BCUT2D eigenvalue weighted by Crippen LogP contribution is 2.04. The Morgan fingerprint density at radius 1 is 0.667 bits per heavy atom. The van der Waals surface area contributed by atoms with E-state index < -0.39 is 6.96 Å². The minimum atomic E-state index is -1.94. The molecule has 0 aliphatic rings. The Morgan fingerprint density at radius 2 is 0.889 bits per heavy atom. The molecular formula is C4H12BO4-. The first-order valence-electron chi connectivity index (χ1n) is 2.58. The maximum Gasteiger partial charge on any atom is 0.530 e. The molecule has 5 heteroatoms. The van der Waals surface area contributed by atoms with Gasteiger partial charge < -0.3 is 18.6 Å².